The normalized spacial score (nSPS) is 26.0. The first-order chi connectivity index (χ1) is 11.2. The highest BCUT2D eigenvalue weighted by Gasteiger charge is 2.24. The van der Waals surface area contributed by atoms with Crippen LogP contribution in [0.25, 0.3) is 0 Å². The lowest BCUT2D eigenvalue weighted by atomic mass is 9.94. The van der Waals surface area contributed by atoms with Gasteiger partial charge in [-0.2, -0.15) is 0 Å². The zero-order chi connectivity index (χ0) is 16.1. The summed E-state index contributed by atoms with van der Waals surface area (Å²) in [5.74, 6) is 0.695. The summed E-state index contributed by atoms with van der Waals surface area (Å²) >= 11 is 0. The van der Waals surface area contributed by atoms with E-state index in [1.807, 2.05) is 12.1 Å². The highest BCUT2D eigenvalue weighted by Crippen LogP contribution is 2.17. The zero-order valence-corrected chi connectivity index (χ0v) is 13.9. The predicted molar refractivity (Wildman–Crippen MR) is 91.4 cm³/mol. The molecule has 3 rings (SSSR count). The lowest BCUT2D eigenvalue weighted by Gasteiger charge is -2.27. The molecule has 5 nitrogen and oxygen atoms in total. The molecule has 5 heteroatoms. The van der Waals surface area contributed by atoms with Crippen LogP contribution < -0.4 is 10.6 Å². The van der Waals surface area contributed by atoms with Gasteiger partial charge in [0.05, 0.1) is 19.3 Å². The monoisotopic (exact) mass is 317 g/mol. The Morgan fingerprint density at radius 1 is 1.30 bits per heavy atom. The molecule has 0 aliphatic carbocycles. The molecule has 0 radical (unpaired) electrons. The molecule has 1 amide bonds. The summed E-state index contributed by atoms with van der Waals surface area (Å²) < 4.78 is 5.37. The second kappa shape index (κ2) is 7.90. The molecule has 0 spiro atoms. The lowest BCUT2D eigenvalue weighted by molar-refractivity contribution is -0.119. The summed E-state index contributed by atoms with van der Waals surface area (Å²) in [6.45, 7) is 7.70. The average molecular weight is 317 g/mol. The fraction of sp³-hybridized carbons (Fsp3) is 0.611. The van der Waals surface area contributed by atoms with Crippen LogP contribution >= 0.6 is 0 Å². The number of hydrogen-bond acceptors (Lipinski definition) is 4. The standard InChI is InChI=1S/C18H27N3O2/c1-14-6-7-19-17(12-14)18(22)20-16-4-2-15(3-5-16)13-21-8-10-23-11-9-21/h2-5,14,17,19H,6-13H2,1H3,(H,20,22). The van der Waals surface area contributed by atoms with Gasteiger partial charge in [0.15, 0.2) is 0 Å². The molecule has 2 aliphatic heterocycles. The number of rotatable bonds is 4. The Kier molecular flexibility index (Phi) is 5.65. The number of ether oxygens (including phenoxy) is 1. The topological polar surface area (TPSA) is 53.6 Å². The molecule has 2 atom stereocenters. The number of nitrogens with one attached hydrogen (secondary N) is 2. The number of carbonyl (C=O) groups excluding carboxylic acids is 1. The molecule has 0 saturated carbocycles. The minimum absolute atomic E-state index is 0.0632. The Morgan fingerprint density at radius 3 is 2.74 bits per heavy atom. The number of carbonyl (C=O) groups is 1. The molecule has 2 saturated heterocycles. The molecule has 126 valence electrons. The third kappa shape index (κ3) is 4.77. The van der Waals surface area contributed by atoms with Crippen LogP contribution in [0.4, 0.5) is 5.69 Å². The van der Waals surface area contributed by atoms with E-state index in [0.717, 1.165) is 57.9 Å². The molecular formula is C18H27N3O2. The first-order valence-electron chi connectivity index (χ1n) is 8.64. The van der Waals surface area contributed by atoms with Gasteiger partial charge in [-0.05, 0) is 43.0 Å². The average Bonchev–Trinajstić information content (AvgIpc) is 2.57. The minimum Gasteiger partial charge on any atom is -0.379 e. The van der Waals surface area contributed by atoms with Crippen LogP contribution in [0.1, 0.15) is 25.3 Å². The Balaban J connectivity index is 1.51. The van der Waals surface area contributed by atoms with E-state index < -0.39 is 0 Å². The summed E-state index contributed by atoms with van der Waals surface area (Å²) in [5, 5.41) is 6.33. The quantitative estimate of drug-likeness (QED) is 0.890. The van der Waals surface area contributed by atoms with Gasteiger partial charge in [-0.15, -0.1) is 0 Å². The molecule has 0 aromatic heterocycles. The summed E-state index contributed by atoms with van der Waals surface area (Å²) in [5.41, 5.74) is 2.15. The van der Waals surface area contributed by atoms with E-state index in [-0.39, 0.29) is 11.9 Å². The predicted octanol–water partition coefficient (Wildman–Crippen LogP) is 1.85. The molecule has 2 unspecified atom stereocenters. The molecule has 2 aliphatic rings. The van der Waals surface area contributed by atoms with Crippen molar-refractivity contribution in [3.8, 4) is 0 Å². The van der Waals surface area contributed by atoms with Crippen LogP contribution in [0, 0.1) is 5.92 Å². The Hall–Kier alpha value is -1.43. The van der Waals surface area contributed by atoms with E-state index in [4.69, 9.17) is 4.74 Å². The molecule has 2 heterocycles. The van der Waals surface area contributed by atoms with Gasteiger partial charge in [0, 0.05) is 25.3 Å². The van der Waals surface area contributed by atoms with E-state index in [1.54, 1.807) is 0 Å². The number of benzene rings is 1. The van der Waals surface area contributed by atoms with E-state index in [0.29, 0.717) is 5.92 Å². The van der Waals surface area contributed by atoms with Crippen LogP contribution in [0.2, 0.25) is 0 Å². The fourth-order valence-corrected chi connectivity index (χ4v) is 3.25. The van der Waals surface area contributed by atoms with Gasteiger partial charge in [0.2, 0.25) is 5.91 Å². The van der Waals surface area contributed by atoms with Crippen molar-refractivity contribution in [1.82, 2.24) is 10.2 Å². The van der Waals surface area contributed by atoms with Crippen molar-refractivity contribution >= 4 is 11.6 Å². The third-order valence-electron chi connectivity index (χ3n) is 4.71. The van der Waals surface area contributed by atoms with Gasteiger partial charge in [0.25, 0.3) is 0 Å². The number of morpholine rings is 1. The number of piperidine rings is 1. The molecule has 0 bridgehead atoms. The molecule has 2 N–H and O–H groups in total. The Bertz CT molecular complexity index is 512. The van der Waals surface area contributed by atoms with Crippen LogP contribution in [-0.4, -0.2) is 49.7 Å². The Morgan fingerprint density at radius 2 is 2.04 bits per heavy atom. The van der Waals surface area contributed by atoms with E-state index in [1.165, 1.54) is 5.56 Å². The maximum atomic E-state index is 12.3. The highest BCUT2D eigenvalue weighted by molar-refractivity contribution is 5.94. The van der Waals surface area contributed by atoms with Crippen molar-refractivity contribution in [1.29, 1.82) is 0 Å². The fourth-order valence-electron chi connectivity index (χ4n) is 3.25. The van der Waals surface area contributed by atoms with E-state index in [9.17, 15) is 4.79 Å². The largest absolute Gasteiger partial charge is 0.379 e. The molecule has 2 fully saturated rings. The van der Waals surface area contributed by atoms with Gasteiger partial charge in [-0.25, -0.2) is 0 Å². The van der Waals surface area contributed by atoms with Crippen molar-refractivity contribution in [2.75, 3.05) is 38.2 Å². The smallest absolute Gasteiger partial charge is 0.241 e. The minimum atomic E-state index is -0.0632. The highest BCUT2D eigenvalue weighted by atomic mass is 16.5. The van der Waals surface area contributed by atoms with E-state index in [2.05, 4.69) is 34.6 Å². The number of hydrogen-bond donors (Lipinski definition) is 2. The first kappa shape index (κ1) is 16.4. The zero-order valence-electron chi connectivity index (χ0n) is 13.9. The summed E-state index contributed by atoms with van der Waals surface area (Å²) in [6.07, 6.45) is 2.07. The van der Waals surface area contributed by atoms with Crippen LogP contribution in [-0.2, 0) is 16.1 Å². The van der Waals surface area contributed by atoms with Gasteiger partial charge < -0.3 is 15.4 Å². The molecule has 23 heavy (non-hydrogen) atoms. The van der Waals surface area contributed by atoms with Crippen molar-refractivity contribution in [2.45, 2.75) is 32.4 Å². The second-order valence-electron chi connectivity index (χ2n) is 6.71. The number of anilines is 1. The van der Waals surface area contributed by atoms with Gasteiger partial charge in [-0.1, -0.05) is 19.1 Å². The van der Waals surface area contributed by atoms with Crippen molar-refractivity contribution in [3.63, 3.8) is 0 Å². The summed E-state index contributed by atoms with van der Waals surface area (Å²) in [6, 6.07) is 8.14. The molecule has 1 aromatic carbocycles. The third-order valence-corrected chi connectivity index (χ3v) is 4.71. The molecule has 1 aromatic rings. The van der Waals surface area contributed by atoms with Gasteiger partial charge in [-0.3, -0.25) is 9.69 Å². The molecular weight excluding hydrogens is 290 g/mol. The van der Waals surface area contributed by atoms with Crippen LogP contribution in [0.3, 0.4) is 0 Å². The SMILES string of the molecule is CC1CCNC(C(=O)Nc2ccc(CN3CCOCC3)cc2)C1. The summed E-state index contributed by atoms with van der Waals surface area (Å²) in [4.78, 5) is 14.7. The lowest BCUT2D eigenvalue weighted by Crippen LogP contribution is -2.45. The maximum Gasteiger partial charge on any atom is 0.241 e. The second-order valence-corrected chi connectivity index (χ2v) is 6.71. The van der Waals surface area contributed by atoms with E-state index >= 15 is 0 Å². The maximum absolute atomic E-state index is 12.3. The number of nitrogens with zero attached hydrogens (tertiary/aromatic N) is 1. The van der Waals surface area contributed by atoms with Gasteiger partial charge >= 0.3 is 0 Å². The van der Waals surface area contributed by atoms with Crippen molar-refractivity contribution < 1.29 is 9.53 Å². The van der Waals surface area contributed by atoms with Crippen LogP contribution in [0.5, 0.6) is 0 Å². The van der Waals surface area contributed by atoms with Crippen molar-refractivity contribution in [2.24, 2.45) is 5.92 Å². The first-order valence-corrected chi connectivity index (χ1v) is 8.64. The Labute approximate surface area is 138 Å². The number of amides is 1. The van der Waals surface area contributed by atoms with Crippen molar-refractivity contribution in [3.05, 3.63) is 29.8 Å². The summed E-state index contributed by atoms with van der Waals surface area (Å²) in [7, 11) is 0. The van der Waals surface area contributed by atoms with Gasteiger partial charge in [0.1, 0.15) is 0 Å². The van der Waals surface area contributed by atoms with Crippen LogP contribution in [0.15, 0.2) is 24.3 Å².